The zero-order valence-electron chi connectivity index (χ0n) is 14.5. The van der Waals surface area contributed by atoms with Crippen LogP contribution in [0.1, 0.15) is 93.4 Å². The van der Waals surface area contributed by atoms with Crippen LogP contribution in [0.15, 0.2) is 0 Å². The van der Waals surface area contributed by atoms with Gasteiger partial charge in [-0.3, -0.25) is 0 Å². The Morgan fingerprint density at radius 3 is 1.53 bits per heavy atom. The zero-order valence-corrected chi connectivity index (χ0v) is 14.5. The van der Waals surface area contributed by atoms with E-state index >= 15 is 0 Å². The minimum Gasteiger partial charge on any atom is -0.0599 e. The third-order valence-corrected chi connectivity index (χ3v) is 5.94. The molecule has 0 heterocycles. The van der Waals surface area contributed by atoms with Gasteiger partial charge in [-0.1, -0.05) is 48.5 Å². The van der Waals surface area contributed by atoms with E-state index in [2.05, 4.69) is 48.5 Å². The van der Waals surface area contributed by atoms with Gasteiger partial charge in [-0.2, -0.15) is 0 Å². The van der Waals surface area contributed by atoms with Gasteiger partial charge >= 0.3 is 0 Å². The van der Waals surface area contributed by atoms with E-state index in [1.54, 1.807) is 0 Å². The molecular weight excluding hydrogens is 228 g/mol. The van der Waals surface area contributed by atoms with Crippen molar-refractivity contribution in [1.29, 1.82) is 0 Å². The van der Waals surface area contributed by atoms with Gasteiger partial charge in [0.2, 0.25) is 0 Å². The SMILES string of the molecule is CC1(C)CC(C)(C)CC2(CCC(C(C)(C)C)CC2)C1. The zero-order chi connectivity index (χ0) is 14.5. The van der Waals surface area contributed by atoms with E-state index in [1.807, 2.05) is 0 Å². The highest BCUT2D eigenvalue weighted by Crippen LogP contribution is 2.60. The Kier molecular flexibility index (Phi) is 3.64. The highest BCUT2D eigenvalue weighted by molar-refractivity contribution is 5.00. The fraction of sp³-hybridized carbons (Fsp3) is 1.00. The molecule has 0 aromatic heterocycles. The first-order valence-electron chi connectivity index (χ1n) is 8.43. The maximum Gasteiger partial charge on any atom is -0.0287 e. The normalized spacial score (nSPS) is 30.5. The fourth-order valence-electron chi connectivity index (χ4n) is 5.96. The molecule has 0 heteroatoms. The Bertz CT molecular complexity index is 300. The highest BCUT2D eigenvalue weighted by atomic mass is 14.5. The van der Waals surface area contributed by atoms with Crippen LogP contribution in [-0.4, -0.2) is 0 Å². The Balaban J connectivity index is 2.09. The second kappa shape index (κ2) is 4.50. The first-order valence-corrected chi connectivity index (χ1v) is 8.43. The van der Waals surface area contributed by atoms with E-state index in [0.29, 0.717) is 21.7 Å². The Morgan fingerprint density at radius 1 is 0.737 bits per heavy atom. The van der Waals surface area contributed by atoms with E-state index in [-0.39, 0.29) is 0 Å². The number of hydrogen-bond donors (Lipinski definition) is 0. The first kappa shape index (κ1) is 15.4. The van der Waals surface area contributed by atoms with Crippen molar-refractivity contribution in [2.24, 2.45) is 27.6 Å². The molecule has 0 aromatic rings. The quantitative estimate of drug-likeness (QED) is 0.472. The Morgan fingerprint density at radius 2 is 1.16 bits per heavy atom. The summed E-state index contributed by atoms with van der Waals surface area (Å²) in [6.07, 6.45) is 10.3. The molecule has 0 unspecified atom stereocenters. The van der Waals surface area contributed by atoms with Crippen LogP contribution in [0.25, 0.3) is 0 Å². The average molecular weight is 264 g/mol. The predicted molar refractivity (Wildman–Crippen MR) is 85.3 cm³/mol. The Labute approximate surface area is 121 Å². The standard InChI is InChI=1S/C19H36/c1-16(2,3)15-8-10-19(11-9-15)13-17(4,5)12-18(6,7)14-19/h15H,8-14H2,1-7H3. The molecule has 0 amide bonds. The van der Waals surface area contributed by atoms with Crippen molar-refractivity contribution in [3.8, 4) is 0 Å². The van der Waals surface area contributed by atoms with Gasteiger partial charge in [0.15, 0.2) is 0 Å². The van der Waals surface area contributed by atoms with Crippen molar-refractivity contribution >= 4 is 0 Å². The summed E-state index contributed by atoms with van der Waals surface area (Å²) in [4.78, 5) is 0. The molecule has 2 fully saturated rings. The smallest absolute Gasteiger partial charge is 0.0287 e. The largest absolute Gasteiger partial charge is 0.0599 e. The molecule has 2 aliphatic rings. The third kappa shape index (κ3) is 3.56. The fourth-order valence-corrected chi connectivity index (χ4v) is 5.96. The van der Waals surface area contributed by atoms with Crippen LogP contribution in [0.3, 0.4) is 0 Å². The van der Waals surface area contributed by atoms with Crippen LogP contribution in [0.2, 0.25) is 0 Å². The molecule has 0 aromatic carbocycles. The van der Waals surface area contributed by atoms with E-state index < -0.39 is 0 Å². The molecule has 2 saturated carbocycles. The summed E-state index contributed by atoms with van der Waals surface area (Å²) < 4.78 is 0. The van der Waals surface area contributed by atoms with Gasteiger partial charge in [-0.15, -0.1) is 0 Å². The van der Waals surface area contributed by atoms with Crippen LogP contribution in [0.4, 0.5) is 0 Å². The summed E-state index contributed by atoms with van der Waals surface area (Å²) in [5.41, 5.74) is 2.29. The first-order chi connectivity index (χ1) is 8.43. The third-order valence-electron chi connectivity index (χ3n) is 5.94. The van der Waals surface area contributed by atoms with Gasteiger partial charge in [0.25, 0.3) is 0 Å². The molecular formula is C19H36. The average Bonchev–Trinajstić information content (AvgIpc) is 2.10. The predicted octanol–water partition coefficient (Wildman–Crippen LogP) is 6.45. The molecule has 0 radical (unpaired) electrons. The molecule has 1 spiro atoms. The highest BCUT2D eigenvalue weighted by Gasteiger charge is 2.49. The molecule has 112 valence electrons. The topological polar surface area (TPSA) is 0 Å². The summed E-state index contributed by atoms with van der Waals surface area (Å²) in [5, 5.41) is 0. The lowest BCUT2D eigenvalue weighted by Gasteiger charge is -2.55. The van der Waals surface area contributed by atoms with E-state index in [4.69, 9.17) is 0 Å². The van der Waals surface area contributed by atoms with Crippen LogP contribution >= 0.6 is 0 Å². The lowest BCUT2D eigenvalue weighted by molar-refractivity contribution is -0.0434. The van der Waals surface area contributed by atoms with Gasteiger partial charge in [0, 0.05) is 0 Å². The number of hydrogen-bond acceptors (Lipinski definition) is 0. The second-order valence-corrected chi connectivity index (χ2v) is 10.5. The summed E-state index contributed by atoms with van der Waals surface area (Å²) in [5.74, 6) is 0.950. The molecule has 2 rings (SSSR count). The minimum atomic E-state index is 0.515. The van der Waals surface area contributed by atoms with Gasteiger partial charge < -0.3 is 0 Å². The molecule has 0 N–H and O–H groups in total. The summed E-state index contributed by atoms with van der Waals surface area (Å²) in [6.45, 7) is 17.3. The van der Waals surface area contributed by atoms with E-state index in [1.165, 1.54) is 44.9 Å². The van der Waals surface area contributed by atoms with Crippen molar-refractivity contribution in [2.45, 2.75) is 93.4 Å². The molecule has 0 aliphatic heterocycles. The van der Waals surface area contributed by atoms with E-state index in [9.17, 15) is 0 Å². The van der Waals surface area contributed by atoms with Gasteiger partial charge in [0.05, 0.1) is 0 Å². The van der Waals surface area contributed by atoms with Crippen molar-refractivity contribution in [2.75, 3.05) is 0 Å². The maximum atomic E-state index is 2.51. The summed E-state index contributed by atoms with van der Waals surface area (Å²) in [6, 6.07) is 0. The maximum absolute atomic E-state index is 2.51. The van der Waals surface area contributed by atoms with E-state index in [0.717, 1.165) is 5.92 Å². The van der Waals surface area contributed by atoms with Crippen molar-refractivity contribution in [3.63, 3.8) is 0 Å². The van der Waals surface area contributed by atoms with Crippen LogP contribution < -0.4 is 0 Å². The molecule has 0 bridgehead atoms. The molecule has 2 aliphatic carbocycles. The minimum absolute atomic E-state index is 0.515. The van der Waals surface area contributed by atoms with Gasteiger partial charge in [-0.05, 0) is 72.5 Å². The van der Waals surface area contributed by atoms with Gasteiger partial charge in [-0.25, -0.2) is 0 Å². The molecule has 0 atom stereocenters. The molecule has 0 nitrogen and oxygen atoms in total. The lowest BCUT2D eigenvalue weighted by atomic mass is 9.50. The van der Waals surface area contributed by atoms with Crippen LogP contribution in [0.5, 0.6) is 0 Å². The van der Waals surface area contributed by atoms with Crippen molar-refractivity contribution in [3.05, 3.63) is 0 Å². The molecule has 0 saturated heterocycles. The van der Waals surface area contributed by atoms with Crippen molar-refractivity contribution in [1.82, 2.24) is 0 Å². The van der Waals surface area contributed by atoms with Crippen LogP contribution in [0, 0.1) is 27.6 Å². The lowest BCUT2D eigenvalue weighted by Crippen LogP contribution is -2.44. The summed E-state index contributed by atoms with van der Waals surface area (Å²) in [7, 11) is 0. The number of rotatable bonds is 0. The second-order valence-electron chi connectivity index (χ2n) is 10.5. The van der Waals surface area contributed by atoms with Crippen molar-refractivity contribution < 1.29 is 0 Å². The summed E-state index contributed by atoms with van der Waals surface area (Å²) >= 11 is 0. The van der Waals surface area contributed by atoms with Gasteiger partial charge in [0.1, 0.15) is 0 Å². The molecule has 19 heavy (non-hydrogen) atoms. The monoisotopic (exact) mass is 264 g/mol. The Hall–Kier alpha value is 0. The van der Waals surface area contributed by atoms with Crippen LogP contribution in [-0.2, 0) is 0 Å².